The van der Waals surface area contributed by atoms with Crippen LogP contribution in [0.5, 0.6) is 0 Å². The lowest BCUT2D eigenvalue weighted by atomic mass is 10.2. The van der Waals surface area contributed by atoms with E-state index in [-0.39, 0.29) is 12.7 Å². The smallest absolute Gasteiger partial charge is 0.0670 e. The molecule has 0 bridgehead atoms. The standard InChI is InChI=1S/C11H23NO2/c1-10(14-2)9-12(7-8-13)11-5-3-4-6-11/h10-11,13H,3-9H2,1-2H3. The second-order valence-electron chi connectivity index (χ2n) is 4.20. The molecular formula is C11H23NO2. The van der Waals surface area contributed by atoms with E-state index in [1.54, 1.807) is 7.11 Å². The normalized spacial score (nSPS) is 20.6. The van der Waals surface area contributed by atoms with Gasteiger partial charge in [0.2, 0.25) is 0 Å². The first-order valence-corrected chi connectivity index (χ1v) is 5.65. The summed E-state index contributed by atoms with van der Waals surface area (Å²) in [5.41, 5.74) is 0. The maximum absolute atomic E-state index is 9.00. The average molecular weight is 201 g/mol. The van der Waals surface area contributed by atoms with Gasteiger partial charge < -0.3 is 9.84 Å². The first-order valence-electron chi connectivity index (χ1n) is 5.65. The maximum Gasteiger partial charge on any atom is 0.0670 e. The van der Waals surface area contributed by atoms with Crippen LogP contribution in [0.1, 0.15) is 32.6 Å². The fraction of sp³-hybridized carbons (Fsp3) is 1.00. The Bertz CT molecular complexity index is 146. The van der Waals surface area contributed by atoms with Crippen LogP contribution in [0.3, 0.4) is 0 Å². The van der Waals surface area contributed by atoms with Crippen molar-refractivity contribution in [3.8, 4) is 0 Å². The minimum atomic E-state index is 0.257. The van der Waals surface area contributed by atoms with Gasteiger partial charge in [0, 0.05) is 26.2 Å². The van der Waals surface area contributed by atoms with Crippen molar-refractivity contribution in [1.29, 1.82) is 0 Å². The summed E-state index contributed by atoms with van der Waals surface area (Å²) < 4.78 is 5.26. The van der Waals surface area contributed by atoms with Crippen LogP contribution in [0.15, 0.2) is 0 Å². The summed E-state index contributed by atoms with van der Waals surface area (Å²) in [5, 5.41) is 9.00. The fourth-order valence-corrected chi connectivity index (χ4v) is 2.23. The zero-order valence-electron chi connectivity index (χ0n) is 9.41. The molecule has 3 nitrogen and oxygen atoms in total. The Hall–Kier alpha value is -0.120. The van der Waals surface area contributed by atoms with Gasteiger partial charge in [-0.2, -0.15) is 0 Å². The molecule has 0 amide bonds. The number of ether oxygens (including phenoxy) is 1. The van der Waals surface area contributed by atoms with Crippen molar-refractivity contribution in [2.24, 2.45) is 0 Å². The molecule has 1 aliphatic carbocycles. The molecule has 1 saturated carbocycles. The van der Waals surface area contributed by atoms with E-state index in [0.29, 0.717) is 6.04 Å². The van der Waals surface area contributed by atoms with E-state index in [2.05, 4.69) is 11.8 Å². The summed E-state index contributed by atoms with van der Waals surface area (Å²) in [7, 11) is 1.75. The molecule has 1 rings (SSSR count). The van der Waals surface area contributed by atoms with Gasteiger partial charge >= 0.3 is 0 Å². The lowest BCUT2D eigenvalue weighted by molar-refractivity contribution is 0.0520. The van der Waals surface area contributed by atoms with Crippen LogP contribution in [-0.4, -0.2) is 49.0 Å². The van der Waals surface area contributed by atoms with Gasteiger partial charge in [-0.1, -0.05) is 12.8 Å². The summed E-state index contributed by atoms with van der Waals surface area (Å²) in [5.74, 6) is 0. The Morgan fingerprint density at radius 3 is 2.57 bits per heavy atom. The third kappa shape index (κ3) is 3.56. The Balaban J connectivity index is 2.36. The summed E-state index contributed by atoms with van der Waals surface area (Å²) in [6.45, 7) is 4.08. The van der Waals surface area contributed by atoms with Crippen LogP contribution in [-0.2, 0) is 4.74 Å². The summed E-state index contributed by atoms with van der Waals surface area (Å²) in [6, 6.07) is 0.680. The molecule has 0 heterocycles. The van der Waals surface area contributed by atoms with E-state index < -0.39 is 0 Å². The molecule has 0 aliphatic heterocycles. The third-order valence-corrected chi connectivity index (χ3v) is 3.12. The van der Waals surface area contributed by atoms with Gasteiger partial charge in [0.15, 0.2) is 0 Å². The van der Waals surface area contributed by atoms with Gasteiger partial charge in [-0.05, 0) is 19.8 Å². The van der Waals surface area contributed by atoms with E-state index in [4.69, 9.17) is 9.84 Å². The Morgan fingerprint density at radius 1 is 1.43 bits per heavy atom. The van der Waals surface area contributed by atoms with E-state index in [9.17, 15) is 0 Å². The average Bonchev–Trinajstić information content (AvgIpc) is 2.69. The van der Waals surface area contributed by atoms with Crippen molar-refractivity contribution in [1.82, 2.24) is 4.90 Å². The van der Waals surface area contributed by atoms with Gasteiger partial charge in [0.1, 0.15) is 0 Å². The Morgan fingerprint density at radius 2 is 2.07 bits per heavy atom. The summed E-state index contributed by atoms with van der Waals surface area (Å²) >= 11 is 0. The largest absolute Gasteiger partial charge is 0.395 e. The molecule has 1 unspecified atom stereocenters. The number of nitrogens with zero attached hydrogens (tertiary/aromatic N) is 1. The van der Waals surface area contributed by atoms with Gasteiger partial charge in [-0.3, -0.25) is 4.90 Å². The number of rotatable bonds is 6. The molecule has 1 fully saturated rings. The molecule has 0 spiro atoms. The number of methoxy groups -OCH3 is 1. The lowest BCUT2D eigenvalue weighted by Crippen LogP contribution is -2.40. The van der Waals surface area contributed by atoms with Gasteiger partial charge in [0.25, 0.3) is 0 Å². The highest BCUT2D eigenvalue weighted by atomic mass is 16.5. The number of aliphatic hydroxyl groups is 1. The van der Waals surface area contributed by atoms with Gasteiger partial charge in [-0.15, -0.1) is 0 Å². The molecule has 0 radical (unpaired) electrons. The molecular weight excluding hydrogens is 178 g/mol. The number of hydrogen-bond acceptors (Lipinski definition) is 3. The molecule has 0 aromatic heterocycles. The van der Waals surface area contributed by atoms with Crippen LogP contribution in [0.25, 0.3) is 0 Å². The van der Waals surface area contributed by atoms with Crippen molar-refractivity contribution in [3.05, 3.63) is 0 Å². The van der Waals surface area contributed by atoms with E-state index >= 15 is 0 Å². The van der Waals surface area contributed by atoms with E-state index in [1.165, 1.54) is 25.7 Å². The van der Waals surface area contributed by atoms with Crippen LogP contribution in [0.2, 0.25) is 0 Å². The first kappa shape index (κ1) is 12.0. The Kier molecular flexibility index (Phi) is 5.45. The molecule has 1 N–H and O–H groups in total. The van der Waals surface area contributed by atoms with Gasteiger partial charge in [0.05, 0.1) is 12.7 Å². The SMILES string of the molecule is COC(C)CN(CCO)C1CCCC1. The zero-order chi connectivity index (χ0) is 10.4. The van der Waals surface area contributed by atoms with Crippen LogP contribution in [0, 0.1) is 0 Å². The highest BCUT2D eigenvalue weighted by Gasteiger charge is 2.23. The summed E-state index contributed by atoms with van der Waals surface area (Å²) in [6.07, 6.45) is 5.52. The highest BCUT2D eigenvalue weighted by molar-refractivity contribution is 4.78. The monoisotopic (exact) mass is 201 g/mol. The number of hydrogen-bond donors (Lipinski definition) is 1. The van der Waals surface area contributed by atoms with Crippen molar-refractivity contribution < 1.29 is 9.84 Å². The van der Waals surface area contributed by atoms with E-state index in [0.717, 1.165) is 13.1 Å². The minimum absolute atomic E-state index is 0.257. The minimum Gasteiger partial charge on any atom is -0.395 e. The van der Waals surface area contributed by atoms with Crippen molar-refractivity contribution in [2.75, 3.05) is 26.8 Å². The van der Waals surface area contributed by atoms with Crippen molar-refractivity contribution in [2.45, 2.75) is 44.8 Å². The molecule has 1 atom stereocenters. The molecule has 1 aliphatic rings. The van der Waals surface area contributed by atoms with Crippen LogP contribution >= 0.6 is 0 Å². The molecule has 0 aromatic carbocycles. The van der Waals surface area contributed by atoms with Crippen molar-refractivity contribution in [3.63, 3.8) is 0 Å². The first-order chi connectivity index (χ1) is 6.77. The number of aliphatic hydroxyl groups excluding tert-OH is 1. The molecule has 84 valence electrons. The highest BCUT2D eigenvalue weighted by Crippen LogP contribution is 2.23. The quantitative estimate of drug-likeness (QED) is 0.702. The maximum atomic E-state index is 9.00. The second kappa shape index (κ2) is 6.38. The van der Waals surface area contributed by atoms with E-state index in [1.807, 2.05) is 0 Å². The molecule has 0 aromatic rings. The predicted octanol–water partition coefficient (Wildman–Crippen LogP) is 1.26. The second-order valence-corrected chi connectivity index (χ2v) is 4.20. The topological polar surface area (TPSA) is 32.7 Å². The lowest BCUT2D eigenvalue weighted by Gasteiger charge is -2.30. The third-order valence-electron chi connectivity index (χ3n) is 3.12. The molecule has 3 heteroatoms. The van der Waals surface area contributed by atoms with Crippen molar-refractivity contribution >= 4 is 0 Å². The fourth-order valence-electron chi connectivity index (χ4n) is 2.23. The summed E-state index contributed by atoms with van der Waals surface area (Å²) in [4.78, 5) is 2.38. The Labute approximate surface area is 87.1 Å². The van der Waals surface area contributed by atoms with Gasteiger partial charge in [-0.25, -0.2) is 0 Å². The van der Waals surface area contributed by atoms with Crippen LogP contribution < -0.4 is 0 Å². The molecule has 14 heavy (non-hydrogen) atoms. The molecule has 0 saturated heterocycles. The zero-order valence-corrected chi connectivity index (χ0v) is 9.41. The van der Waals surface area contributed by atoms with Crippen LogP contribution in [0.4, 0.5) is 0 Å². The predicted molar refractivity (Wildman–Crippen MR) is 57.4 cm³/mol.